The zero-order valence-electron chi connectivity index (χ0n) is 62.8. The Morgan fingerprint density at radius 2 is 0.531 bits per heavy atom. The van der Waals surface area contributed by atoms with E-state index >= 15 is 0 Å². The second kappa shape index (κ2) is 67.5. The van der Waals surface area contributed by atoms with E-state index in [9.17, 15) is 43.2 Å². The summed E-state index contributed by atoms with van der Waals surface area (Å²) in [7, 11) is -9.91. The molecule has 0 heterocycles. The number of carbonyl (C=O) groups excluding carboxylic acids is 4. The molecule has 3 N–H and O–H groups in total. The smallest absolute Gasteiger partial charge is 0.462 e. The molecule has 0 amide bonds. The van der Waals surface area contributed by atoms with Gasteiger partial charge in [-0.25, -0.2) is 9.13 Å². The van der Waals surface area contributed by atoms with Crippen molar-refractivity contribution in [3.63, 3.8) is 0 Å². The molecule has 0 bridgehead atoms. The molecule has 0 radical (unpaired) electrons. The number of ether oxygens (including phenoxy) is 4. The molecule has 0 aliphatic heterocycles. The molecule has 0 aliphatic rings. The molecule has 0 fully saturated rings. The standard InChI is InChI=1S/C77H150O17P2/c1-8-10-11-12-13-14-15-16-17-18-19-20-21-26-29-32-37-46-53-60-76(81)93-72(64-87-74(79)58-51-44-36-31-28-25-23-22-24-27-30-35-43-50-57-70(7)9-2)66-91-95(83,84)89-62-71(78)63-90-96(85,86)92-67-73(65-88-75(80)59-52-45-40-39-42-49-56-69(5)6)94-77(82)61-54-47-38-33-34-41-48-55-68(3)4/h68-73,78H,8-67H2,1-7H3,(H,83,84)(H,85,86)/t70?,71-,72-,73-/m1/s1. The van der Waals surface area contributed by atoms with Crippen molar-refractivity contribution in [2.75, 3.05) is 39.6 Å². The first kappa shape index (κ1) is 94.1. The third-order valence-corrected chi connectivity index (χ3v) is 20.1. The highest BCUT2D eigenvalue weighted by atomic mass is 31.2. The highest BCUT2D eigenvalue weighted by Crippen LogP contribution is 2.45. The molecule has 0 spiro atoms. The van der Waals surface area contributed by atoms with Gasteiger partial charge in [-0.15, -0.1) is 0 Å². The van der Waals surface area contributed by atoms with Gasteiger partial charge in [0.2, 0.25) is 0 Å². The van der Waals surface area contributed by atoms with E-state index in [0.717, 1.165) is 102 Å². The van der Waals surface area contributed by atoms with Crippen LogP contribution in [0.25, 0.3) is 0 Å². The SMILES string of the molecule is CCCCCCCCCCCCCCCCCCCCCC(=O)O[C@H](COC(=O)CCCCCCCCCCCCCCCCC(C)CC)COP(=O)(O)OC[C@@H](O)COP(=O)(O)OC[C@@H](COC(=O)CCCCCCCCC(C)C)OC(=O)CCCCCCCCCC(C)C. The molecule has 6 atom stereocenters. The highest BCUT2D eigenvalue weighted by molar-refractivity contribution is 7.47. The van der Waals surface area contributed by atoms with Crippen LogP contribution < -0.4 is 0 Å². The minimum Gasteiger partial charge on any atom is -0.462 e. The van der Waals surface area contributed by atoms with Crippen molar-refractivity contribution in [2.45, 2.75) is 414 Å². The van der Waals surface area contributed by atoms with Gasteiger partial charge in [0.25, 0.3) is 0 Å². The summed E-state index contributed by atoms with van der Waals surface area (Å²) in [4.78, 5) is 72.7. The molecule has 17 nitrogen and oxygen atoms in total. The molecule has 3 unspecified atom stereocenters. The molecule has 0 aromatic heterocycles. The van der Waals surface area contributed by atoms with Crippen LogP contribution in [0.3, 0.4) is 0 Å². The zero-order valence-corrected chi connectivity index (χ0v) is 64.6. The normalized spacial score (nSPS) is 14.3. The van der Waals surface area contributed by atoms with Gasteiger partial charge in [0.05, 0.1) is 26.4 Å². The molecule has 0 aromatic carbocycles. The first-order chi connectivity index (χ1) is 46.3. The van der Waals surface area contributed by atoms with Crippen molar-refractivity contribution in [3.8, 4) is 0 Å². The average molecular weight is 1410 g/mol. The van der Waals surface area contributed by atoms with E-state index in [1.54, 1.807) is 0 Å². The number of hydrogen-bond donors (Lipinski definition) is 3. The fourth-order valence-corrected chi connectivity index (χ4v) is 13.3. The summed E-state index contributed by atoms with van der Waals surface area (Å²) >= 11 is 0. The molecular weight excluding hydrogens is 1260 g/mol. The van der Waals surface area contributed by atoms with Crippen LogP contribution in [0.5, 0.6) is 0 Å². The van der Waals surface area contributed by atoms with Crippen molar-refractivity contribution in [2.24, 2.45) is 17.8 Å². The lowest BCUT2D eigenvalue weighted by Crippen LogP contribution is -2.30. The minimum atomic E-state index is -4.96. The van der Waals surface area contributed by atoms with Crippen LogP contribution in [0.1, 0.15) is 395 Å². The lowest BCUT2D eigenvalue weighted by molar-refractivity contribution is -0.161. The van der Waals surface area contributed by atoms with Crippen LogP contribution in [0.15, 0.2) is 0 Å². The predicted octanol–water partition coefficient (Wildman–Crippen LogP) is 22.6. The second-order valence-electron chi connectivity index (χ2n) is 28.9. The third kappa shape index (κ3) is 69.2. The lowest BCUT2D eigenvalue weighted by Gasteiger charge is -2.21. The lowest BCUT2D eigenvalue weighted by atomic mass is 9.99. The Kier molecular flexibility index (Phi) is 66.2. The molecule has 0 saturated carbocycles. The van der Waals surface area contributed by atoms with Crippen molar-refractivity contribution < 1.29 is 80.2 Å². The van der Waals surface area contributed by atoms with Crippen molar-refractivity contribution in [1.29, 1.82) is 0 Å². The summed E-state index contributed by atoms with van der Waals surface area (Å²) in [5.41, 5.74) is 0. The Morgan fingerprint density at radius 3 is 0.792 bits per heavy atom. The van der Waals surface area contributed by atoms with E-state index < -0.39 is 97.5 Å². The molecule has 19 heteroatoms. The maximum Gasteiger partial charge on any atom is 0.472 e. The fourth-order valence-electron chi connectivity index (χ4n) is 11.7. The quantitative estimate of drug-likeness (QED) is 0.0222. The number of unbranched alkanes of at least 4 members (excludes halogenated alkanes) is 42. The van der Waals surface area contributed by atoms with Gasteiger partial charge in [0.1, 0.15) is 19.3 Å². The van der Waals surface area contributed by atoms with E-state index in [0.29, 0.717) is 37.5 Å². The van der Waals surface area contributed by atoms with E-state index in [1.807, 2.05) is 0 Å². The van der Waals surface area contributed by atoms with Crippen LogP contribution >= 0.6 is 15.6 Å². The summed E-state index contributed by atoms with van der Waals surface area (Å²) in [6.45, 7) is 11.8. The third-order valence-electron chi connectivity index (χ3n) is 18.2. The highest BCUT2D eigenvalue weighted by Gasteiger charge is 2.30. The van der Waals surface area contributed by atoms with Crippen LogP contribution in [-0.2, 0) is 65.4 Å². The number of phosphoric acid groups is 2. The molecule has 0 saturated heterocycles. The van der Waals surface area contributed by atoms with E-state index in [2.05, 4.69) is 48.5 Å². The summed E-state index contributed by atoms with van der Waals surface area (Å²) in [6.07, 6.45) is 54.5. The zero-order chi connectivity index (χ0) is 70.9. The topological polar surface area (TPSA) is 237 Å². The van der Waals surface area contributed by atoms with Crippen molar-refractivity contribution in [1.82, 2.24) is 0 Å². The number of aliphatic hydroxyl groups is 1. The molecule has 0 aliphatic carbocycles. The summed E-state index contributed by atoms with van der Waals surface area (Å²) < 4.78 is 68.5. The fraction of sp³-hybridized carbons (Fsp3) is 0.948. The van der Waals surface area contributed by atoms with Gasteiger partial charge >= 0.3 is 39.5 Å². The summed E-state index contributed by atoms with van der Waals surface area (Å²) in [5.74, 6) is 0.103. The minimum absolute atomic E-state index is 0.102. The maximum absolute atomic E-state index is 13.1. The largest absolute Gasteiger partial charge is 0.472 e. The van der Waals surface area contributed by atoms with Crippen LogP contribution in [0.4, 0.5) is 0 Å². The molecule has 96 heavy (non-hydrogen) atoms. The Bertz CT molecular complexity index is 1870. The predicted molar refractivity (Wildman–Crippen MR) is 391 cm³/mol. The second-order valence-corrected chi connectivity index (χ2v) is 31.8. The Labute approximate surface area is 588 Å². The van der Waals surface area contributed by atoms with Crippen molar-refractivity contribution >= 4 is 39.5 Å². The maximum atomic E-state index is 13.1. The summed E-state index contributed by atoms with van der Waals surface area (Å²) in [6, 6.07) is 0. The average Bonchev–Trinajstić information content (AvgIpc) is 1.25. The van der Waals surface area contributed by atoms with Crippen LogP contribution in [0, 0.1) is 17.8 Å². The van der Waals surface area contributed by atoms with Gasteiger partial charge < -0.3 is 33.8 Å². The van der Waals surface area contributed by atoms with E-state index in [1.165, 1.54) is 199 Å². The summed E-state index contributed by atoms with van der Waals surface area (Å²) in [5, 5.41) is 10.6. The van der Waals surface area contributed by atoms with Crippen LogP contribution in [0.2, 0.25) is 0 Å². The number of hydrogen-bond acceptors (Lipinski definition) is 15. The Balaban J connectivity index is 5.20. The van der Waals surface area contributed by atoms with Gasteiger partial charge in [-0.05, 0) is 43.4 Å². The number of aliphatic hydroxyl groups excluding tert-OH is 1. The van der Waals surface area contributed by atoms with Gasteiger partial charge in [0.15, 0.2) is 12.2 Å². The van der Waals surface area contributed by atoms with Gasteiger partial charge in [-0.2, -0.15) is 0 Å². The van der Waals surface area contributed by atoms with Gasteiger partial charge in [0, 0.05) is 25.7 Å². The number of rotatable bonds is 75. The van der Waals surface area contributed by atoms with E-state index in [4.69, 9.17) is 37.0 Å². The molecular formula is C77H150O17P2. The number of phosphoric ester groups is 2. The monoisotopic (exact) mass is 1410 g/mol. The van der Waals surface area contributed by atoms with Gasteiger partial charge in [-0.1, -0.05) is 344 Å². The van der Waals surface area contributed by atoms with Gasteiger partial charge in [-0.3, -0.25) is 37.3 Å². The Morgan fingerprint density at radius 1 is 0.302 bits per heavy atom. The van der Waals surface area contributed by atoms with Crippen LogP contribution in [-0.4, -0.2) is 96.7 Å². The van der Waals surface area contributed by atoms with Crippen molar-refractivity contribution in [3.05, 3.63) is 0 Å². The Hall–Kier alpha value is -1.94. The molecule has 570 valence electrons. The van der Waals surface area contributed by atoms with E-state index in [-0.39, 0.29) is 25.7 Å². The number of carbonyl (C=O) groups is 4. The molecule has 0 aromatic rings. The molecule has 0 rings (SSSR count). The number of esters is 4. The first-order valence-corrected chi connectivity index (χ1v) is 42.9. The first-order valence-electron chi connectivity index (χ1n) is 39.9.